The van der Waals surface area contributed by atoms with Crippen LogP contribution in [-0.2, 0) is 10.0 Å². The van der Waals surface area contributed by atoms with E-state index in [-0.39, 0.29) is 12.5 Å². The molecule has 1 aliphatic heterocycles. The minimum Gasteiger partial charge on any atom is -0.317 e. The summed E-state index contributed by atoms with van der Waals surface area (Å²) in [7, 11) is -2.77. The van der Waals surface area contributed by atoms with Gasteiger partial charge >= 0.3 is 0 Å². The second-order valence-electron chi connectivity index (χ2n) is 5.03. The normalized spacial score (nSPS) is 17.6. The third-order valence-electron chi connectivity index (χ3n) is 3.56. The van der Waals surface area contributed by atoms with E-state index in [1.165, 1.54) is 7.05 Å². The quantitative estimate of drug-likeness (QED) is 0.919. The van der Waals surface area contributed by atoms with E-state index < -0.39 is 26.6 Å². The van der Waals surface area contributed by atoms with Gasteiger partial charge in [0.25, 0.3) is 0 Å². The second kappa shape index (κ2) is 6.15. The number of hydrogen-bond donors (Lipinski definition) is 1. The molecular weight excluding hydrogens is 286 g/mol. The fourth-order valence-electron chi connectivity index (χ4n) is 2.41. The van der Waals surface area contributed by atoms with Gasteiger partial charge in [0.15, 0.2) is 4.90 Å². The topological polar surface area (TPSA) is 49.4 Å². The van der Waals surface area contributed by atoms with Crippen LogP contribution in [0.15, 0.2) is 23.1 Å². The minimum atomic E-state index is -4.14. The molecule has 1 heterocycles. The van der Waals surface area contributed by atoms with Crippen molar-refractivity contribution < 1.29 is 17.2 Å². The average Bonchev–Trinajstić information content (AvgIpc) is 2.39. The van der Waals surface area contributed by atoms with Crippen LogP contribution in [0.4, 0.5) is 8.78 Å². The van der Waals surface area contributed by atoms with E-state index in [2.05, 4.69) is 5.32 Å². The van der Waals surface area contributed by atoms with Crippen LogP contribution in [0.25, 0.3) is 0 Å². The molecule has 1 fully saturated rings. The molecule has 0 bridgehead atoms. The molecule has 0 radical (unpaired) electrons. The van der Waals surface area contributed by atoms with E-state index >= 15 is 0 Å². The van der Waals surface area contributed by atoms with Crippen molar-refractivity contribution in [3.8, 4) is 0 Å². The van der Waals surface area contributed by atoms with Gasteiger partial charge in [-0.05, 0) is 44.0 Å². The Hall–Kier alpha value is -1.05. The predicted molar refractivity (Wildman–Crippen MR) is 71.8 cm³/mol. The molecule has 0 amide bonds. The molecule has 1 aromatic carbocycles. The number of benzene rings is 1. The summed E-state index contributed by atoms with van der Waals surface area (Å²) in [5.41, 5.74) is 0. The Labute approximate surface area is 117 Å². The Morgan fingerprint density at radius 1 is 1.25 bits per heavy atom. The van der Waals surface area contributed by atoms with Crippen molar-refractivity contribution >= 4 is 10.0 Å². The number of piperidine rings is 1. The fraction of sp³-hybridized carbons (Fsp3) is 0.538. The highest BCUT2D eigenvalue weighted by Crippen LogP contribution is 2.23. The van der Waals surface area contributed by atoms with Gasteiger partial charge in [-0.25, -0.2) is 21.5 Å². The van der Waals surface area contributed by atoms with E-state index in [0.29, 0.717) is 0 Å². The zero-order chi connectivity index (χ0) is 14.8. The number of nitrogens with one attached hydrogen (secondary N) is 1. The monoisotopic (exact) mass is 304 g/mol. The maximum atomic E-state index is 13.6. The van der Waals surface area contributed by atoms with Gasteiger partial charge < -0.3 is 5.32 Å². The number of sulfonamides is 1. The van der Waals surface area contributed by atoms with Gasteiger partial charge in [-0.1, -0.05) is 6.07 Å². The summed E-state index contributed by atoms with van der Waals surface area (Å²) in [6.07, 6.45) is 1.72. The number of hydrogen-bond acceptors (Lipinski definition) is 3. The van der Waals surface area contributed by atoms with Gasteiger partial charge in [-0.3, -0.25) is 0 Å². The van der Waals surface area contributed by atoms with Crippen LogP contribution in [0.1, 0.15) is 12.8 Å². The standard InChI is InChI=1S/C13H18F2N2O2S/c1-17(9-10-5-7-16-8-6-10)20(18,19)13-11(14)3-2-4-12(13)15/h2-4,10,16H,5-9H2,1H3. The van der Waals surface area contributed by atoms with Crippen molar-refractivity contribution in [3.63, 3.8) is 0 Å². The molecule has 4 nitrogen and oxygen atoms in total. The molecular formula is C13H18F2N2O2S. The Morgan fingerprint density at radius 2 is 1.80 bits per heavy atom. The zero-order valence-electron chi connectivity index (χ0n) is 11.3. The van der Waals surface area contributed by atoms with Gasteiger partial charge in [0.2, 0.25) is 10.0 Å². The van der Waals surface area contributed by atoms with Crippen LogP contribution in [0.3, 0.4) is 0 Å². The molecule has 0 saturated carbocycles. The lowest BCUT2D eigenvalue weighted by atomic mass is 9.98. The summed E-state index contributed by atoms with van der Waals surface area (Å²) in [4.78, 5) is -0.864. The van der Waals surface area contributed by atoms with Gasteiger partial charge in [-0.2, -0.15) is 0 Å². The van der Waals surface area contributed by atoms with Crippen LogP contribution in [0.5, 0.6) is 0 Å². The molecule has 1 N–H and O–H groups in total. The van der Waals surface area contributed by atoms with Crippen molar-refractivity contribution in [2.24, 2.45) is 5.92 Å². The lowest BCUT2D eigenvalue weighted by Crippen LogP contribution is -2.37. The van der Waals surface area contributed by atoms with Gasteiger partial charge in [0.1, 0.15) is 11.6 Å². The molecule has 20 heavy (non-hydrogen) atoms. The highest BCUT2D eigenvalue weighted by atomic mass is 32.2. The molecule has 0 aliphatic carbocycles. The molecule has 0 spiro atoms. The van der Waals surface area contributed by atoms with Crippen LogP contribution in [-0.4, -0.2) is 39.4 Å². The van der Waals surface area contributed by atoms with E-state index in [9.17, 15) is 17.2 Å². The fourth-order valence-corrected chi connectivity index (χ4v) is 3.76. The largest absolute Gasteiger partial charge is 0.317 e. The summed E-state index contributed by atoms with van der Waals surface area (Å²) in [5.74, 6) is -1.89. The third kappa shape index (κ3) is 3.16. The Morgan fingerprint density at radius 3 is 2.35 bits per heavy atom. The third-order valence-corrected chi connectivity index (χ3v) is 5.44. The van der Waals surface area contributed by atoms with E-state index in [0.717, 1.165) is 48.4 Å². The Kier molecular flexibility index (Phi) is 4.72. The molecule has 1 aromatic rings. The number of rotatable bonds is 4. The first kappa shape index (κ1) is 15.3. The average molecular weight is 304 g/mol. The van der Waals surface area contributed by atoms with Crippen LogP contribution in [0, 0.1) is 17.6 Å². The molecule has 1 saturated heterocycles. The summed E-state index contributed by atoms with van der Waals surface area (Å²) in [6.45, 7) is 1.96. The van der Waals surface area contributed by atoms with Crippen LogP contribution >= 0.6 is 0 Å². The van der Waals surface area contributed by atoms with E-state index in [4.69, 9.17) is 0 Å². The van der Waals surface area contributed by atoms with E-state index in [1.54, 1.807) is 0 Å². The summed E-state index contributed by atoms with van der Waals surface area (Å²) in [6, 6.07) is 3.05. The van der Waals surface area contributed by atoms with Crippen molar-refractivity contribution in [2.45, 2.75) is 17.7 Å². The second-order valence-corrected chi connectivity index (χ2v) is 7.01. The van der Waals surface area contributed by atoms with Gasteiger partial charge in [0.05, 0.1) is 0 Å². The molecule has 7 heteroatoms. The summed E-state index contributed by atoms with van der Waals surface area (Å²) < 4.78 is 52.9. The van der Waals surface area contributed by atoms with Crippen molar-refractivity contribution in [1.82, 2.24) is 9.62 Å². The highest BCUT2D eigenvalue weighted by molar-refractivity contribution is 7.89. The van der Waals surface area contributed by atoms with Gasteiger partial charge in [0, 0.05) is 13.6 Å². The van der Waals surface area contributed by atoms with Crippen LogP contribution in [0.2, 0.25) is 0 Å². The molecule has 0 aromatic heterocycles. The first-order chi connectivity index (χ1) is 9.43. The minimum absolute atomic E-state index is 0.214. The lowest BCUT2D eigenvalue weighted by Gasteiger charge is -2.27. The van der Waals surface area contributed by atoms with Gasteiger partial charge in [-0.15, -0.1) is 0 Å². The van der Waals surface area contributed by atoms with E-state index in [1.807, 2.05) is 0 Å². The Balaban J connectivity index is 2.21. The predicted octanol–water partition coefficient (Wildman–Crippen LogP) is 1.58. The Bertz CT molecular complexity index is 551. The smallest absolute Gasteiger partial charge is 0.248 e. The number of halogens is 2. The first-order valence-corrected chi connectivity index (χ1v) is 7.98. The summed E-state index contributed by atoms with van der Waals surface area (Å²) in [5, 5.41) is 3.19. The molecule has 0 unspecified atom stereocenters. The molecule has 1 aliphatic rings. The lowest BCUT2D eigenvalue weighted by molar-refractivity contribution is 0.309. The maximum Gasteiger partial charge on any atom is 0.248 e. The molecule has 112 valence electrons. The van der Waals surface area contributed by atoms with Crippen molar-refractivity contribution in [1.29, 1.82) is 0 Å². The first-order valence-electron chi connectivity index (χ1n) is 6.54. The highest BCUT2D eigenvalue weighted by Gasteiger charge is 2.30. The molecule has 2 rings (SSSR count). The van der Waals surface area contributed by atoms with Crippen LogP contribution < -0.4 is 5.32 Å². The number of nitrogens with zero attached hydrogens (tertiary/aromatic N) is 1. The molecule has 0 atom stereocenters. The summed E-state index contributed by atoms with van der Waals surface area (Å²) >= 11 is 0. The van der Waals surface area contributed by atoms with Crippen molar-refractivity contribution in [2.75, 3.05) is 26.7 Å². The SMILES string of the molecule is CN(CC1CCNCC1)S(=O)(=O)c1c(F)cccc1F. The van der Waals surface area contributed by atoms with Crippen molar-refractivity contribution in [3.05, 3.63) is 29.8 Å². The zero-order valence-corrected chi connectivity index (χ0v) is 12.1. The maximum absolute atomic E-state index is 13.6.